The summed E-state index contributed by atoms with van der Waals surface area (Å²) in [6.45, 7) is 0.922. The fraction of sp³-hybridized carbons (Fsp3) is 0.444. The van der Waals surface area contributed by atoms with Crippen LogP contribution in [0.5, 0.6) is 0 Å². The fourth-order valence-electron chi connectivity index (χ4n) is 5.29. The topological polar surface area (TPSA) is 166 Å². The molecule has 2 aliphatic rings. The molecular formula is C27H33BN4O8. The van der Waals surface area contributed by atoms with E-state index in [1.54, 1.807) is 0 Å². The van der Waals surface area contributed by atoms with Gasteiger partial charge in [-0.2, -0.15) is 0 Å². The zero-order chi connectivity index (χ0) is 28.9. The van der Waals surface area contributed by atoms with Crippen LogP contribution in [-0.4, -0.2) is 69.6 Å². The molecule has 12 nitrogen and oxygen atoms in total. The molecule has 0 spiro atoms. The van der Waals surface area contributed by atoms with E-state index in [-0.39, 0.29) is 30.2 Å². The number of nitrogens with one attached hydrogen (secondary N) is 2. The Kier molecular flexibility index (Phi) is 8.62. The minimum absolute atomic E-state index is 0.0132. The highest BCUT2D eigenvalue weighted by Crippen LogP contribution is 2.47. The molecule has 2 amide bonds. The number of aliphatic carboxylic acids is 1. The molecule has 3 heterocycles. The Morgan fingerprint density at radius 1 is 1.15 bits per heavy atom. The molecule has 40 heavy (non-hydrogen) atoms. The van der Waals surface area contributed by atoms with Crippen molar-refractivity contribution in [2.75, 3.05) is 7.05 Å². The van der Waals surface area contributed by atoms with Gasteiger partial charge in [-0.15, -0.1) is 0 Å². The number of carboxylic acids is 1. The Hall–Kier alpha value is -4.13. The number of carbonyl (C=O) groups is 5. The Bertz CT molecular complexity index is 1280. The molecule has 2 saturated heterocycles. The molecule has 1 aromatic heterocycles. The molecule has 1 aromatic carbocycles. The highest BCUT2D eigenvalue weighted by Gasteiger charge is 2.67. The van der Waals surface area contributed by atoms with Crippen LogP contribution in [0.15, 0.2) is 48.9 Å². The number of amides is 2. The van der Waals surface area contributed by atoms with E-state index in [2.05, 4.69) is 25.3 Å². The summed E-state index contributed by atoms with van der Waals surface area (Å²) in [7, 11) is 1.41. The number of rotatable bonds is 12. The molecule has 4 atom stereocenters. The van der Waals surface area contributed by atoms with Crippen LogP contribution < -0.4 is 10.6 Å². The number of nitrogens with zero attached hydrogens (tertiary/aromatic N) is 2. The highest BCUT2D eigenvalue weighted by atomic mass is 16.8. The molecule has 212 valence electrons. The first-order valence-corrected chi connectivity index (χ1v) is 13.2. The van der Waals surface area contributed by atoms with Gasteiger partial charge in [0.1, 0.15) is 12.1 Å². The molecular weight excluding hydrogens is 519 g/mol. The Labute approximate surface area is 231 Å². The zero-order valence-corrected chi connectivity index (χ0v) is 22.7. The summed E-state index contributed by atoms with van der Waals surface area (Å²) in [6, 6.07) is 8.22. The van der Waals surface area contributed by atoms with Gasteiger partial charge in [0.05, 0.1) is 18.7 Å². The summed E-state index contributed by atoms with van der Waals surface area (Å²) in [5.74, 6) is -3.68. The van der Waals surface area contributed by atoms with Gasteiger partial charge >= 0.3 is 12.7 Å². The number of hydrogen-bond acceptors (Lipinski definition) is 9. The smallest absolute Gasteiger partial charge is 0.576 e. The Balaban J connectivity index is 1.62. The minimum Gasteiger partial charge on any atom is -0.718 e. The first-order chi connectivity index (χ1) is 19.1. The third-order valence-electron chi connectivity index (χ3n) is 7.13. The molecule has 4 rings (SSSR count). The number of benzene rings is 1. The van der Waals surface area contributed by atoms with E-state index in [0.29, 0.717) is 6.42 Å². The van der Waals surface area contributed by atoms with E-state index < -0.39 is 60.8 Å². The number of Topliss-reactive ketones (excluding diaryl/α,β-unsaturated/α-hetero) is 1. The molecule has 0 aliphatic carbocycles. The molecule has 0 saturated carbocycles. The van der Waals surface area contributed by atoms with Gasteiger partial charge in [-0.05, 0) is 30.1 Å². The standard InChI is InChI=1S/C27H33BN4O8/c1-17(2)11-19(28-38-24(35)15-27(40-28,26(37)39-28)14-23(34)29-3)13-22(33)20(12-18-7-5-4-6-8-18)32-25(36)21-16-30-9-10-31-21/h4-10,16-17,19-20,38H,11-15H2,1-3H3,(H,29,34)(H,32,36)/t19-,20+,27+,28?/m1/s1. The largest absolute Gasteiger partial charge is 0.718 e. The van der Waals surface area contributed by atoms with E-state index in [4.69, 9.17) is 9.31 Å². The van der Waals surface area contributed by atoms with Gasteiger partial charge < -0.3 is 24.6 Å². The fourth-order valence-corrected chi connectivity index (χ4v) is 5.29. The summed E-state index contributed by atoms with van der Waals surface area (Å²) in [5.41, 5.74) is -0.925. The number of hydrogen-bond donors (Lipinski definition) is 2. The van der Waals surface area contributed by atoms with Gasteiger partial charge in [-0.3, -0.25) is 24.2 Å². The molecule has 2 aromatic rings. The lowest BCUT2D eigenvalue weighted by molar-refractivity contribution is -0.169. The van der Waals surface area contributed by atoms with E-state index in [1.165, 1.54) is 25.6 Å². The third-order valence-corrected chi connectivity index (χ3v) is 7.13. The van der Waals surface area contributed by atoms with Crippen molar-refractivity contribution in [2.24, 2.45) is 5.92 Å². The molecule has 0 radical (unpaired) electrons. The predicted octanol–water partition coefficient (Wildman–Crippen LogP) is 1.04. The lowest BCUT2D eigenvalue weighted by atomic mass is 9.57. The molecule has 1 unspecified atom stereocenters. The van der Waals surface area contributed by atoms with Crippen molar-refractivity contribution in [3.05, 3.63) is 60.2 Å². The van der Waals surface area contributed by atoms with Crippen molar-refractivity contribution in [1.29, 1.82) is 0 Å². The SMILES string of the molecule is CNC(=O)C[C@]12CC(=O)[OH+][B-]([C@@H](CC(=O)[C@H](Cc3ccccc3)NC(=O)c3cnccn3)CC(C)C)(OC1=O)O2. The van der Waals surface area contributed by atoms with Crippen molar-refractivity contribution in [1.82, 2.24) is 20.6 Å². The first kappa shape index (κ1) is 28.9. The third kappa shape index (κ3) is 6.36. The van der Waals surface area contributed by atoms with Crippen LogP contribution in [0.3, 0.4) is 0 Å². The second kappa shape index (κ2) is 11.9. The maximum absolute atomic E-state index is 13.9. The van der Waals surface area contributed by atoms with Crippen molar-refractivity contribution < 1.29 is 37.9 Å². The Morgan fingerprint density at radius 3 is 2.55 bits per heavy atom. The quantitative estimate of drug-likeness (QED) is 0.289. The molecule has 3 N–H and O–H groups in total. The highest BCUT2D eigenvalue weighted by molar-refractivity contribution is 6.67. The average Bonchev–Trinajstić information content (AvgIpc) is 3.13. The molecule has 2 aliphatic heterocycles. The maximum Gasteiger partial charge on any atom is 0.576 e. The molecule has 13 heteroatoms. The summed E-state index contributed by atoms with van der Waals surface area (Å²) in [4.78, 5) is 72.7. The summed E-state index contributed by atoms with van der Waals surface area (Å²) in [6.07, 6.45) is 3.62. The van der Waals surface area contributed by atoms with Crippen LogP contribution >= 0.6 is 0 Å². The number of carbonyl (C=O) groups excluding carboxylic acids is 4. The first-order valence-electron chi connectivity index (χ1n) is 13.2. The predicted molar refractivity (Wildman–Crippen MR) is 142 cm³/mol. The van der Waals surface area contributed by atoms with Crippen LogP contribution in [0.25, 0.3) is 0 Å². The maximum atomic E-state index is 13.9. The van der Waals surface area contributed by atoms with Gasteiger partial charge in [-0.1, -0.05) is 50.6 Å². The summed E-state index contributed by atoms with van der Waals surface area (Å²) in [5, 5.41) is 5.20. The van der Waals surface area contributed by atoms with E-state index in [9.17, 15) is 24.0 Å². The van der Waals surface area contributed by atoms with Crippen LogP contribution in [0.4, 0.5) is 0 Å². The molecule has 2 bridgehead atoms. The van der Waals surface area contributed by atoms with E-state index in [1.807, 2.05) is 44.2 Å². The van der Waals surface area contributed by atoms with Crippen LogP contribution in [0, 0.1) is 5.92 Å². The number of ketones is 1. The monoisotopic (exact) mass is 552 g/mol. The second-order valence-corrected chi connectivity index (χ2v) is 10.7. The van der Waals surface area contributed by atoms with Crippen LogP contribution in [0.1, 0.15) is 55.6 Å². The van der Waals surface area contributed by atoms with Gasteiger partial charge in [0.25, 0.3) is 11.9 Å². The van der Waals surface area contributed by atoms with Crippen LogP contribution in [-0.2, 0) is 34.9 Å². The average molecular weight is 552 g/mol. The van der Waals surface area contributed by atoms with Crippen LogP contribution in [0.2, 0.25) is 5.82 Å². The summed E-state index contributed by atoms with van der Waals surface area (Å²) >= 11 is 0. The lowest BCUT2D eigenvalue weighted by Gasteiger charge is -2.43. The van der Waals surface area contributed by atoms with Gasteiger partial charge in [-0.25, -0.2) is 4.98 Å². The number of aromatic nitrogens is 2. The normalized spacial score (nSPS) is 23.1. The minimum atomic E-state index is -2.91. The van der Waals surface area contributed by atoms with Crippen molar-refractivity contribution >= 4 is 36.3 Å². The van der Waals surface area contributed by atoms with Crippen molar-refractivity contribution in [3.63, 3.8) is 0 Å². The van der Waals surface area contributed by atoms with Crippen molar-refractivity contribution in [3.8, 4) is 0 Å². The van der Waals surface area contributed by atoms with E-state index >= 15 is 0 Å². The molecule has 2 fully saturated rings. The second-order valence-electron chi connectivity index (χ2n) is 10.7. The summed E-state index contributed by atoms with van der Waals surface area (Å²) < 4.78 is 15.9. The zero-order valence-electron chi connectivity index (χ0n) is 22.7. The lowest BCUT2D eigenvalue weighted by Crippen LogP contribution is -2.59. The van der Waals surface area contributed by atoms with Crippen molar-refractivity contribution in [2.45, 2.75) is 63.4 Å². The van der Waals surface area contributed by atoms with Gasteiger partial charge in [0, 0.05) is 24.2 Å². The van der Waals surface area contributed by atoms with E-state index in [0.717, 1.165) is 5.56 Å². The Morgan fingerprint density at radius 2 is 1.90 bits per heavy atom. The van der Waals surface area contributed by atoms with Gasteiger partial charge in [0.15, 0.2) is 11.4 Å². The number of fused-ring (bicyclic) bond motifs is 2. The van der Waals surface area contributed by atoms with Gasteiger partial charge in [0.2, 0.25) is 5.91 Å².